The summed E-state index contributed by atoms with van der Waals surface area (Å²) in [5, 5.41) is 4.84. The van der Waals surface area contributed by atoms with E-state index in [1.54, 1.807) is 0 Å². The van der Waals surface area contributed by atoms with Crippen LogP contribution in [-0.2, 0) is 0 Å². The number of aryl methyl sites for hydroxylation is 1. The molecule has 0 bridgehead atoms. The first-order valence-corrected chi connectivity index (χ1v) is 7.46. The monoisotopic (exact) mass is 324 g/mol. The van der Waals surface area contributed by atoms with E-state index in [1.165, 1.54) is 16.9 Å². The number of thiophene rings is 1. The molecule has 114 valence electrons. The minimum Gasteiger partial charge on any atom is -0.349 e. The molecule has 1 aromatic heterocycles. The van der Waals surface area contributed by atoms with E-state index in [0.29, 0.717) is 6.54 Å². The molecule has 1 amide bonds. The molecule has 0 fully saturated rings. The highest BCUT2D eigenvalue weighted by Gasteiger charge is 2.17. The van der Waals surface area contributed by atoms with E-state index in [2.05, 4.69) is 17.4 Å². The van der Waals surface area contributed by atoms with Gasteiger partial charge in [-0.25, -0.2) is 0 Å². The molecule has 21 heavy (non-hydrogen) atoms. The van der Waals surface area contributed by atoms with Crippen molar-refractivity contribution in [2.45, 2.75) is 26.3 Å². The Morgan fingerprint density at radius 1 is 1.24 bits per heavy atom. The minimum atomic E-state index is -0.406. The van der Waals surface area contributed by atoms with Crippen molar-refractivity contribution in [1.29, 1.82) is 0 Å². The fourth-order valence-electron chi connectivity index (χ4n) is 1.83. The van der Waals surface area contributed by atoms with Crippen LogP contribution in [0.3, 0.4) is 0 Å². The van der Waals surface area contributed by atoms with E-state index in [1.807, 2.05) is 44.4 Å². The van der Waals surface area contributed by atoms with Crippen LogP contribution in [0.15, 0.2) is 35.7 Å². The van der Waals surface area contributed by atoms with Crippen LogP contribution in [-0.4, -0.2) is 18.0 Å². The van der Waals surface area contributed by atoms with Gasteiger partial charge >= 0.3 is 0 Å². The van der Waals surface area contributed by atoms with Crippen LogP contribution in [0.2, 0.25) is 0 Å². The maximum Gasteiger partial charge on any atom is 0.262 e. The molecule has 3 nitrogen and oxygen atoms in total. The third kappa shape index (κ3) is 4.84. The van der Waals surface area contributed by atoms with Gasteiger partial charge in [-0.1, -0.05) is 29.8 Å². The van der Waals surface area contributed by atoms with E-state index in [-0.39, 0.29) is 18.3 Å². The van der Waals surface area contributed by atoms with Crippen molar-refractivity contribution < 1.29 is 4.79 Å². The van der Waals surface area contributed by atoms with E-state index < -0.39 is 5.54 Å². The van der Waals surface area contributed by atoms with Crippen LogP contribution >= 0.6 is 23.7 Å². The van der Waals surface area contributed by atoms with E-state index in [4.69, 9.17) is 5.73 Å². The second-order valence-electron chi connectivity index (χ2n) is 5.70. The molecule has 5 heteroatoms. The van der Waals surface area contributed by atoms with Gasteiger partial charge in [-0.15, -0.1) is 23.7 Å². The Hall–Kier alpha value is -1.36. The molecule has 0 atom stereocenters. The summed E-state index contributed by atoms with van der Waals surface area (Å²) in [7, 11) is 0. The lowest BCUT2D eigenvalue weighted by molar-refractivity contribution is 0.0950. The number of hydrogen-bond acceptors (Lipinski definition) is 3. The van der Waals surface area contributed by atoms with Crippen LogP contribution in [0.4, 0.5) is 0 Å². The molecular weight excluding hydrogens is 304 g/mol. The molecular formula is C16H21ClN2OS. The highest BCUT2D eigenvalue weighted by Crippen LogP contribution is 2.28. The predicted molar refractivity (Wildman–Crippen MR) is 92.3 cm³/mol. The lowest BCUT2D eigenvalue weighted by atomic mass is 10.0. The molecule has 0 unspecified atom stereocenters. The van der Waals surface area contributed by atoms with E-state index >= 15 is 0 Å². The van der Waals surface area contributed by atoms with Crippen LogP contribution in [0.1, 0.15) is 29.1 Å². The van der Waals surface area contributed by atoms with Gasteiger partial charge in [-0.05, 0) is 37.8 Å². The van der Waals surface area contributed by atoms with Gasteiger partial charge in [0.05, 0.1) is 4.88 Å². The molecule has 0 aliphatic carbocycles. The number of carbonyl (C=O) groups is 1. The Kier molecular flexibility index (Phi) is 5.96. The summed E-state index contributed by atoms with van der Waals surface area (Å²) in [6, 6.07) is 10.2. The maximum absolute atomic E-state index is 12.3. The zero-order valence-corrected chi connectivity index (χ0v) is 14.1. The van der Waals surface area contributed by atoms with Gasteiger partial charge in [0.2, 0.25) is 0 Å². The summed E-state index contributed by atoms with van der Waals surface area (Å²) >= 11 is 1.45. The number of benzene rings is 1. The largest absolute Gasteiger partial charge is 0.349 e. The lowest BCUT2D eigenvalue weighted by Gasteiger charge is -2.18. The lowest BCUT2D eigenvalue weighted by Crippen LogP contribution is -2.45. The summed E-state index contributed by atoms with van der Waals surface area (Å²) < 4.78 is 0. The van der Waals surface area contributed by atoms with Gasteiger partial charge in [-0.2, -0.15) is 0 Å². The third-order valence-electron chi connectivity index (χ3n) is 2.94. The average Bonchev–Trinajstić information content (AvgIpc) is 2.85. The zero-order valence-electron chi connectivity index (χ0n) is 12.5. The van der Waals surface area contributed by atoms with Crippen molar-refractivity contribution in [2.24, 2.45) is 5.73 Å². The first-order chi connectivity index (χ1) is 9.37. The number of halogens is 1. The minimum absolute atomic E-state index is 0. The summed E-state index contributed by atoms with van der Waals surface area (Å²) in [5.74, 6) is -0.0610. The number of rotatable bonds is 4. The fraction of sp³-hybridized carbons (Fsp3) is 0.312. The van der Waals surface area contributed by atoms with E-state index in [9.17, 15) is 4.79 Å². The maximum atomic E-state index is 12.3. The quantitative estimate of drug-likeness (QED) is 0.902. The van der Waals surface area contributed by atoms with Gasteiger partial charge in [0.25, 0.3) is 5.91 Å². The molecule has 3 N–H and O–H groups in total. The molecule has 0 saturated carbocycles. The normalized spacial score (nSPS) is 10.9. The van der Waals surface area contributed by atoms with E-state index in [0.717, 1.165) is 16.0 Å². The Labute approximate surface area is 136 Å². The molecule has 0 saturated heterocycles. The number of nitrogens with one attached hydrogen (secondary N) is 1. The first-order valence-electron chi connectivity index (χ1n) is 6.58. The average molecular weight is 325 g/mol. The van der Waals surface area contributed by atoms with Crippen molar-refractivity contribution >= 4 is 29.7 Å². The number of carbonyl (C=O) groups excluding carboxylic acids is 1. The zero-order chi connectivity index (χ0) is 14.8. The first kappa shape index (κ1) is 17.7. The third-order valence-corrected chi connectivity index (χ3v) is 3.85. The second kappa shape index (κ2) is 7.07. The van der Waals surface area contributed by atoms with Crippen molar-refractivity contribution in [3.8, 4) is 11.1 Å². The molecule has 1 aromatic carbocycles. The SMILES string of the molecule is Cc1ccc(-c2ccsc2C(=O)NCC(C)(C)N)cc1.Cl. The predicted octanol–water partition coefficient (Wildman–Crippen LogP) is 3.61. The smallest absolute Gasteiger partial charge is 0.262 e. The Balaban J connectivity index is 0.00000220. The molecule has 0 aliphatic heterocycles. The van der Waals surface area contributed by atoms with Crippen molar-refractivity contribution in [2.75, 3.05) is 6.54 Å². The molecule has 1 heterocycles. The Morgan fingerprint density at radius 2 is 1.86 bits per heavy atom. The van der Waals surface area contributed by atoms with Crippen LogP contribution < -0.4 is 11.1 Å². The summed E-state index contributed by atoms with van der Waals surface area (Å²) in [4.78, 5) is 13.0. The summed E-state index contributed by atoms with van der Waals surface area (Å²) in [6.45, 7) is 6.29. The fourth-order valence-corrected chi connectivity index (χ4v) is 2.67. The number of nitrogens with two attached hydrogens (primary N) is 1. The number of hydrogen-bond donors (Lipinski definition) is 2. The van der Waals surface area contributed by atoms with Crippen LogP contribution in [0.5, 0.6) is 0 Å². The molecule has 0 spiro atoms. The van der Waals surface area contributed by atoms with Crippen LogP contribution in [0.25, 0.3) is 11.1 Å². The van der Waals surface area contributed by atoms with Gasteiger partial charge in [0.15, 0.2) is 0 Å². The highest BCUT2D eigenvalue weighted by molar-refractivity contribution is 7.12. The summed E-state index contributed by atoms with van der Waals surface area (Å²) in [5.41, 5.74) is 8.73. The molecule has 2 rings (SSSR count). The number of amides is 1. The molecule has 0 radical (unpaired) electrons. The molecule has 2 aromatic rings. The standard InChI is InChI=1S/C16H20N2OS.ClH/c1-11-4-6-12(7-5-11)13-8-9-20-14(13)15(19)18-10-16(2,3)17;/h4-9H,10,17H2,1-3H3,(H,18,19);1H. The Bertz CT molecular complexity index is 599. The van der Waals surface area contributed by atoms with Gasteiger partial charge in [-0.3, -0.25) is 4.79 Å². The van der Waals surface area contributed by atoms with Crippen molar-refractivity contribution in [1.82, 2.24) is 5.32 Å². The van der Waals surface area contributed by atoms with Gasteiger partial charge in [0.1, 0.15) is 0 Å². The van der Waals surface area contributed by atoms with Crippen molar-refractivity contribution in [3.63, 3.8) is 0 Å². The molecule has 0 aliphatic rings. The van der Waals surface area contributed by atoms with Crippen LogP contribution in [0, 0.1) is 6.92 Å². The highest BCUT2D eigenvalue weighted by atomic mass is 35.5. The van der Waals surface area contributed by atoms with Gasteiger partial charge in [0, 0.05) is 17.6 Å². The topological polar surface area (TPSA) is 55.1 Å². The summed E-state index contributed by atoms with van der Waals surface area (Å²) in [6.07, 6.45) is 0. The second-order valence-corrected chi connectivity index (χ2v) is 6.62. The van der Waals surface area contributed by atoms with Crippen molar-refractivity contribution in [3.05, 3.63) is 46.2 Å². The Morgan fingerprint density at radius 3 is 2.43 bits per heavy atom. The van der Waals surface area contributed by atoms with Gasteiger partial charge < -0.3 is 11.1 Å².